The van der Waals surface area contributed by atoms with Crippen LogP contribution in [0.3, 0.4) is 0 Å². The van der Waals surface area contributed by atoms with Gasteiger partial charge in [-0.15, -0.1) is 0 Å². The fraction of sp³-hybridized carbons (Fsp3) is 1.00. The van der Waals surface area contributed by atoms with Gasteiger partial charge in [0.15, 0.2) is 12.6 Å². The first kappa shape index (κ1) is 48.8. The maximum Gasteiger partial charge on any atom is 0.397 e. The van der Waals surface area contributed by atoms with Gasteiger partial charge in [-0.1, -0.05) is 34.6 Å². The van der Waals surface area contributed by atoms with Crippen LogP contribution in [-0.4, -0.2) is 172 Å². The minimum Gasteiger partial charge on any atom is -0.393 e. The summed E-state index contributed by atoms with van der Waals surface area (Å²) in [6.07, 6.45) is -15.5. The third kappa shape index (κ3) is 8.37. The van der Waals surface area contributed by atoms with E-state index in [-0.39, 0.29) is 17.8 Å². The Morgan fingerprint density at radius 3 is 2.00 bits per heavy atom. The number of hydrogen-bond acceptors (Lipinski definition) is 17. The third-order valence-corrected chi connectivity index (χ3v) is 16.7. The average Bonchev–Trinajstić information content (AvgIpc) is 3.61. The zero-order valence-corrected chi connectivity index (χ0v) is 37.1. The predicted octanol–water partition coefficient (Wildman–Crippen LogP) is 0.276. The van der Waals surface area contributed by atoms with Crippen molar-refractivity contribution in [3.8, 4) is 0 Å². The molecule has 24 atom stereocenters. The molecule has 0 aromatic carbocycles. The van der Waals surface area contributed by atoms with Gasteiger partial charge in [-0.05, 0) is 93.3 Å². The summed E-state index contributed by atoms with van der Waals surface area (Å²) in [6, 6.07) is 0. The van der Waals surface area contributed by atoms with Crippen molar-refractivity contribution in [1.29, 1.82) is 0 Å². The van der Waals surface area contributed by atoms with E-state index in [2.05, 4.69) is 6.92 Å². The first-order valence-electron chi connectivity index (χ1n) is 21.7. The van der Waals surface area contributed by atoms with E-state index < -0.39 is 143 Å². The first-order chi connectivity index (χ1) is 27.9. The van der Waals surface area contributed by atoms with Crippen molar-refractivity contribution in [1.82, 2.24) is 0 Å². The molecule has 0 aromatic rings. The summed E-state index contributed by atoms with van der Waals surface area (Å²) in [5.74, 6) is -2.40. The van der Waals surface area contributed by atoms with Gasteiger partial charge in [-0.25, -0.2) is 4.18 Å². The minimum atomic E-state index is -4.94. The summed E-state index contributed by atoms with van der Waals surface area (Å²) in [4.78, 5) is 0. The first-order valence-corrected chi connectivity index (χ1v) is 23.1. The lowest BCUT2D eigenvalue weighted by atomic mass is 9.40. The van der Waals surface area contributed by atoms with E-state index in [1.165, 1.54) is 21.1 Å². The summed E-state index contributed by atoms with van der Waals surface area (Å²) in [7, 11) is -2.16. The lowest BCUT2D eigenvalue weighted by Gasteiger charge is -2.68. The van der Waals surface area contributed by atoms with Crippen molar-refractivity contribution in [2.24, 2.45) is 46.3 Å². The largest absolute Gasteiger partial charge is 0.397 e. The Labute approximate surface area is 353 Å². The molecule has 0 bridgehead atoms. The molecule has 6 fully saturated rings. The lowest BCUT2D eigenvalue weighted by molar-refractivity contribution is -0.329. The van der Waals surface area contributed by atoms with Crippen molar-refractivity contribution < 1.29 is 86.4 Å². The minimum absolute atomic E-state index is 0.0341. The number of methoxy groups -OCH3 is 2. The maximum atomic E-state index is 12.7. The second-order valence-corrected chi connectivity index (χ2v) is 20.8. The van der Waals surface area contributed by atoms with Gasteiger partial charge in [0.1, 0.15) is 54.4 Å². The number of rotatable bonds is 14. The van der Waals surface area contributed by atoms with Crippen molar-refractivity contribution >= 4 is 10.4 Å². The van der Waals surface area contributed by atoms with E-state index in [0.717, 1.165) is 0 Å². The fourth-order valence-corrected chi connectivity index (χ4v) is 13.7. The molecule has 19 heteroatoms. The molecule has 2 aliphatic heterocycles. The fourth-order valence-electron chi connectivity index (χ4n) is 13.2. The molecule has 0 aromatic heterocycles. The molecular formula is C41H72O18S. The molecule has 0 radical (unpaired) electrons. The highest BCUT2D eigenvalue weighted by atomic mass is 32.3. The predicted molar refractivity (Wildman–Crippen MR) is 210 cm³/mol. The average molecular weight is 885 g/mol. The summed E-state index contributed by atoms with van der Waals surface area (Å²) in [6.45, 7) is 12.9. The normalized spacial score (nSPS) is 51.1. The SMILES string of the molecule is COC1C(C)OC(OC2C(O[C@@H](CC[C@@H](C)[C@H]3CC(O)C4[C@@]5(O)C(CC[C@@]43C)[C@@]3(C)CC[C@H](O)C(O)C3[C@@H](O)[C@H]5O)C(C)C)OC([C@@H](C)OS(=O)(=O)O)C2O)C(OC)C1O. The van der Waals surface area contributed by atoms with Crippen LogP contribution in [0.25, 0.3) is 0 Å². The van der Waals surface area contributed by atoms with Crippen LogP contribution in [-0.2, 0) is 43.0 Å². The molecule has 0 amide bonds. The molecule has 0 spiro atoms. The molecule has 4 aliphatic carbocycles. The van der Waals surface area contributed by atoms with Crippen LogP contribution in [0.15, 0.2) is 0 Å². The van der Waals surface area contributed by atoms with E-state index >= 15 is 0 Å². The second-order valence-electron chi connectivity index (χ2n) is 19.8. The molecule has 2 saturated heterocycles. The van der Waals surface area contributed by atoms with Gasteiger partial charge >= 0.3 is 10.4 Å². The molecule has 6 rings (SSSR count). The third-order valence-electron chi connectivity index (χ3n) is 16.1. The van der Waals surface area contributed by atoms with Crippen LogP contribution in [0.4, 0.5) is 0 Å². The number of aliphatic hydroxyl groups is 8. The number of hydrogen-bond donors (Lipinski definition) is 9. The summed E-state index contributed by atoms with van der Waals surface area (Å²) in [5.41, 5.74) is -3.27. The smallest absolute Gasteiger partial charge is 0.393 e. The van der Waals surface area contributed by atoms with Crippen LogP contribution in [0.2, 0.25) is 0 Å². The molecule has 14 unspecified atom stereocenters. The zero-order chi connectivity index (χ0) is 44.6. The highest BCUT2D eigenvalue weighted by Gasteiger charge is 2.75. The highest BCUT2D eigenvalue weighted by Crippen LogP contribution is 2.70. The molecule has 350 valence electrons. The van der Waals surface area contributed by atoms with Crippen LogP contribution < -0.4 is 0 Å². The molecule has 2 heterocycles. The van der Waals surface area contributed by atoms with Gasteiger partial charge in [0, 0.05) is 26.1 Å². The molecule has 6 aliphatic rings. The quantitative estimate of drug-likeness (QED) is 0.106. The Morgan fingerprint density at radius 2 is 1.40 bits per heavy atom. The Balaban J connectivity index is 1.20. The van der Waals surface area contributed by atoms with E-state index in [9.17, 15) is 53.8 Å². The van der Waals surface area contributed by atoms with Gasteiger partial charge in [0.2, 0.25) is 0 Å². The molecule has 4 saturated carbocycles. The Hall–Kier alpha value is -0.690. The maximum absolute atomic E-state index is 12.7. The topological polar surface area (TPSA) is 281 Å². The van der Waals surface area contributed by atoms with Crippen molar-refractivity contribution in [3.63, 3.8) is 0 Å². The Bertz CT molecular complexity index is 1570. The Morgan fingerprint density at radius 1 is 0.767 bits per heavy atom. The summed E-state index contributed by atoms with van der Waals surface area (Å²) >= 11 is 0. The van der Waals surface area contributed by atoms with Crippen LogP contribution in [0.5, 0.6) is 0 Å². The van der Waals surface area contributed by atoms with Crippen LogP contribution >= 0.6 is 0 Å². The molecule has 18 nitrogen and oxygen atoms in total. The van der Waals surface area contributed by atoms with Gasteiger partial charge in [0.05, 0.1) is 36.6 Å². The molecular weight excluding hydrogens is 813 g/mol. The van der Waals surface area contributed by atoms with Gasteiger partial charge in [0.25, 0.3) is 0 Å². The van der Waals surface area contributed by atoms with E-state index in [4.69, 9.17) is 32.6 Å². The number of fused-ring (bicyclic) bond motifs is 5. The lowest BCUT2D eigenvalue weighted by Crippen LogP contribution is -2.76. The second kappa shape index (κ2) is 17.9. The Kier molecular flexibility index (Phi) is 14.6. The standard InChI is InChI=1S/C41H72O18S/c1-17(2)24(56-38-34(30(47)32(57-38)20(5)59-60(50,51)52)58-37-33(54-9)29(46)31(53-8)19(4)55-37)11-10-18(3)21-16-23(43)35-39(21,6)15-13-25-40(7)14-12-22(42)27(44)26(40)28(45)36(48)41(25,35)49/h17-38,42-49H,10-16H2,1-9H3,(H,50,51,52)/t18-,19?,20-,21-,22+,23?,24+,25?,26?,27?,28-,29?,30?,31?,32?,33?,34?,35?,36-,37?,38?,39-,40-,41+/m1/s1. The monoisotopic (exact) mass is 884 g/mol. The van der Waals surface area contributed by atoms with Gasteiger partial charge in [-0.2, -0.15) is 8.42 Å². The van der Waals surface area contributed by atoms with Crippen LogP contribution in [0, 0.1) is 46.3 Å². The molecule has 9 N–H and O–H groups in total. The number of ether oxygens (including phenoxy) is 6. The van der Waals surface area contributed by atoms with E-state index in [1.807, 2.05) is 27.7 Å². The zero-order valence-electron chi connectivity index (χ0n) is 36.3. The van der Waals surface area contributed by atoms with E-state index in [0.29, 0.717) is 44.9 Å². The molecule has 60 heavy (non-hydrogen) atoms. The van der Waals surface area contributed by atoms with Crippen molar-refractivity contribution in [2.75, 3.05) is 14.2 Å². The van der Waals surface area contributed by atoms with Gasteiger partial charge in [-0.3, -0.25) is 4.55 Å². The number of aliphatic hydroxyl groups excluding tert-OH is 7. The summed E-state index contributed by atoms with van der Waals surface area (Å²) in [5, 5.41) is 92.0. The van der Waals surface area contributed by atoms with Gasteiger partial charge < -0.3 is 69.3 Å². The van der Waals surface area contributed by atoms with Crippen molar-refractivity contribution in [2.45, 2.75) is 197 Å². The summed E-state index contributed by atoms with van der Waals surface area (Å²) < 4.78 is 73.4. The van der Waals surface area contributed by atoms with E-state index in [1.54, 1.807) is 6.92 Å². The highest BCUT2D eigenvalue weighted by molar-refractivity contribution is 7.80. The van der Waals surface area contributed by atoms with Crippen LogP contribution in [0.1, 0.15) is 93.4 Å². The van der Waals surface area contributed by atoms with Crippen molar-refractivity contribution in [3.05, 3.63) is 0 Å².